The molecule has 6 heteroatoms. The molecule has 1 saturated heterocycles. The number of hydrogen-bond donors (Lipinski definition) is 2. The van der Waals surface area contributed by atoms with Crippen LogP contribution in [-0.2, 0) is 19.1 Å². The monoisotopic (exact) mass is 911 g/mol. The molecule has 2 saturated carbocycles. The van der Waals surface area contributed by atoms with Gasteiger partial charge in [0.1, 0.15) is 11.7 Å². The summed E-state index contributed by atoms with van der Waals surface area (Å²) in [6.07, 6.45) is 46.7. The minimum Gasteiger partial charge on any atom is -0.462 e. The Kier molecular flexibility index (Phi) is 23.9. The number of Topliss-reactive ketones (excluding diaryl/α,β-unsaturated/α-hetero) is 1. The summed E-state index contributed by atoms with van der Waals surface area (Å²) in [5.74, 6) is -0.0165. The second kappa shape index (κ2) is 27.6. The summed E-state index contributed by atoms with van der Waals surface area (Å²) in [5.41, 5.74) is 5.30. The van der Waals surface area contributed by atoms with E-state index in [1.165, 1.54) is 96.3 Å². The fourth-order valence-electron chi connectivity index (χ4n) is 10.8. The van der Waals surface area contributed by atoms with E-state index in [1.807, 2.05) is 95.4 Å². The smallest absolute Gasteiger partial charge is 0.306 e. The van der Waals surface area contributed by atoms with Crippen LogP contribution in [0.2, 0.25) is 0 Å². The number of carbonyl (C=O) groups excluding carboxylic acids is 2. The molecular formula is C60H94O6. The van der Waals surface area contributed by atoms with Gasteiger partial charge in [-0.15, -0.1) is 5.73 Å². The third-order valence-corrected chi connectivity index (χ3v) is 14.6. The lowest BCUT2D eigenvalue weighted by atomic mass is 9.61. The Morgan fingerprint density at radius 2 is 1.14 bits per heavy atom. The summed E-state index contributed by atoms with van der Waals surface area (Å²) in [6.45, 7) is 22.5. The van der Waals surface area contributed by atoms with Gasteiger partial charge < -0.3 is 19.7 Å². The van der Waals surface area contributed by atoms with Crippen LogP contribution in [0, 0.1) is 10.8 Å². The number of aliphatic hydroxyl groups excluding tert-OH is 1. The molecule has 0 radical (unpaired) electrons. The Bertz CT molecular complexity index is 1820. The molecule has 1 aliphatic heterocycles. The van der Waals surface area contributed by atoms with Gasteiger partial charge in [-0.3, -0.25) is 9.59 Å². The molecule has 0 amide bonds. The minimum atomic E-state index is -1.07. The molecule has 3 fully saturated rings. The first-order valence-electron chi connectivity index (χ1n) is 26.2. The quantitative estimate of drug-likeness (QED) is 0.0194. The average Bonchev–Trinajstić information content (AvgIpc) is 3.84. The number of hydrogen-bond acceptors (Lipinski definition) is 6. The summed E-state index contributed by atoms with van der Waals surface area (Å²) >= 11 is 0. The van der Waals surface area contributed by atoms with Gasteiger partial charge in [-0.1, -0.05) is 209 Å². The molecule has 0 unspecified atom stereocenters. The van der Waals surface area contributed by atoms with Crippen LogP contribution in [0.5, 0.6) is 0 Å². The lowest BCUT2D eigenvalue weighted by Crippen LogP contribution is -2.49. The number of allylic oxidation sites excluding steroid dienone is 14. The second-order valence-electron chi connectivity index (χ2n) is 22.1. The molecule has 0 aromatic heterocycles. The summed E-state index contributed by atoms with van der Waals surface area (Å²) in [6, 6.07) is 0. The highest BCUT2D eigenvalue weighted by Gasteiger charge is 2.76. The van der Waals surface area contributed by atoms with Crippen molar-refractivity contribution in [1.82, 2.24) is 0 Å². The first-order chi connectivity index (χ1) is 31.2. The normalized spacial score (nSPS) is 26.8. The van der Waals surface area contributed by atoms with Gasteiger partial charge in [-0.2, -0.15) is 0 Å². The van der Waals surface area contributed by atoms with Crippen molar-refractivity contribution in [1.29, 1.82) is 0 Å². The van der Waals surface area contributed by atoms with Crippen LogP contribution < -0.4 is 0 Å². The molecule has 2 aliphatic carbocycles. The first-order valence-corrected chi connectivity index (χ1v) is 26.2. The fraction of sp³-hybridized carbons (Fsp3) is 0.683. The van der Waals surface area contributed by atoms with Gasteiger partial charge in [0, 0.05) is 36.7 Å². The summed E-state index contributed by atoms with van der Waals surface area (Å²) in [5, 5.41) is 21.1. The number of ether oxygens (including phenoxy) is 2. The van der Waals surface area contributed by atoms with Crippen LogP contribution in [0.3, 0.4) is 0 Å². The van der Waals surface area contributed by atoms with Crippen molar-refractivity contribution in [3.05, 3.63) is 100 Å². The highest BCUT2D eigenvalue weighted by molar-refractivity contribution is 5.96. The number of carbonyl (C=O) groups is 2. The largest absolute Gasteiger partial charge is 0.462 e. The van der Waals surface area contributed by atoms with Crippen molar-refractivity contribution in [3.8, 4) is 0 Å². The second-order valence-corrected chi connectivity index (χ2v) is 22.1. The molecule has 0 bridgehead atoms. The minimum absolute atomic E-state index is 0.0843. The van der Waals surface area contributed by atoms with Crippen LogP contribution in [-0.4, -0.2) is 51.0 Å². The van der Waals surface area contributed by atoms with Crippen LogP contribution in [0.4, 0.5) is 0 Å². The lowest BCUT2D eigenvalue weighted by Gasteiger charge is -2.43. The zero-order chi connectivity index (χ0) is 48.9. The molecule has 6 nitrogen and oxygen atoms in total. The van der Waals surface area contributed by atoms with E-state index in [2.05, 4.69) is 46.4 Å². The zero-order valence-electron chi connectivity index (χ0n) is 43.8. The number of aliphatic hydroxyl groups is 2. The molecule has 3 aliphatic rings. The molecular weight excluding hydrogens is 817 g/mol. The van der Waals surface area contributed by atoms with Gasteiger partial charge >= 0.3 is 5.97 Å². The molecule has 370 valence electrons. The SMILES string of the molecule is CCCCCCCCCCCCCCCCCCCC(=O)O[C@H]1CC(C)(C)[C@]2(CC(=O)/C(C)=C/C=C/C(C)=C/C=C/C=C(C)/C=C/C=C(\C)C=C=C3C(C)(C)C[C@H](O)C[C@@]3(C)O)O[C@]2(C)C1. The molecule has 5 atom stereocenters. The van der Waals surface area contributed by atoms with E-state index in [9.17, 15) is 19.8 Å². The molecule has 0 aromatic rings. The van der Waals surface area contributed by atoms with E-state index in [-0.39, 0.29) is 28.7 Å². The summed E-state index contributed by atoms with van der Waals surface area (Å²) in [7, 11) is 0. The highest BCUT2D eigenvalue weighted by atomic mass is 16.6. The van der Waals surface area contributed by atoms with Crippen molar-refractivity contribution >= 4 is 11.8 Å². The highest BCUT2D eigenvalue weighted by Crippen LogP contribution is 2.67. The Labute approximate surface area is 403 Å². The Morgan fingerprint density at radius 1 is 0.652 bits per heavy atom. The number of ketones is 1. The number of unbranched alkanes of at least 4 members (excludes halogenated alkanes) is 16. The molecule has 3 rings (SSSR count). The molecule has 66 heavy (non-hydrogen) atoms. The average molecular weight is 911 g/mol. The zero-order valence-corrected chi connectivity index (χ0v) is 43.8. The fourth-order valence-corrected chi connectivity index (χ4v) is 10.8. The van der Waals surface area contributed by atoms with Crippen molar-refractivity contribution in [2.45, 2.75) is 253 Å². The van der Waals surface area contributed by atoms with Crippen LogP contribution >= 0.6 is 0 Å². The van der Waals surface area contributed by atoms with E-state index in [1.54, 1.807) is 6.92 Å². The Morgan fingerprint density at radius 3 is 1.64 bits per heavy atom. The molecule has 2 N–H and O–H groups in total. The number of epoxide rings is 1. The first kappa shape index (κ1) is 57.0. The van der Waals surface area contributed by atoms with Gasteiger partial charge in [-0.25, -0.2) is 0 Å². The van der Waals surface area contributed by atoms with Gasteiger partial charge in [-0.05, 0) is 83.4 Å². The van der Waals surface area contributed by atoms with E-state index in [0.717, 1.165) is 35.1 Å². The maximum absolute atomic E-state index is 13.6. The Balaban J connectivity index is 1.35. The van der Waals surface area contributed by atoms with Gasteiger partial charge in [0.2, 0.25) is 0 Å². The number of rotatable bonds is 29. The van der Waals surface area contributed by atoms with Crippen LogP contribution in [0.15, 0.2) is 100 Å². The molecule has 0 aromatic carbocycles. The van der Waals surface area contributed by atoms with Crippen molar-refractivity contribution in [3.63, 3.8) is 0 Å². The van der Waals surface area contributed by atoms with E-state index in [0.29, 0.717) is 44.1 Å². The summed E-state index contributed by atoms with van der Waals surface area (Å²) < 4.78 is 12.5. The third-order valence-electron chi connectivity index (χ3n) is 14.6. The lowest BCUT2D eigenvalue weighted by molar-refractivity contribution is -0.153. The van der Waals surface area contributed by atoms with Gasteiger partial charge in [0.15, 0.2) is 5.78 Å². The van der Waals surface area contributed by atoms with E-state index in [4.69, 9.17) is 9.47 Å². The predicted molar refractivity (Wildman–Crippen MR) is 277 cm³/mol. The van der Waals surface area contributed by atoms with Crippen molar-refractivity contribution in [2.75, 3.05) is 0 Å². The molecule has 0 spiro atoms. The van der Waals surface area contributed by atoms with Crippen molar-refractivity contribution in [2.24, 2.45) is 10.8 Å². The number of fused-ring (bicyclic) bond motifs is 1. The maximum atomic E-state index is 13.6. The Hall–Kier alpha value is -3.28. The molecule has 1 heterocycles. The standard InChI is InChI=1S/C60H94O6/c1-12-13-14-15-16-17-18-19-20-21-22-23-24-25-26-27-28-39-55(63)65-52-44-57(8,9)60(59(11,45-52)66-60)46-53(62)50(5)38-32-37-48(3)34-30-29-33-47(2)35-31-36-49(4)40-41-54-56(6,7)42-51(61)43-58(54,10)64/h29-38,40,51-52,61,64H,12-28,39,42-46H2,1-11H3/b30-29+,35-31+,37-32+,47-33+,48-34+,49-36+,50-38+/t41?,51-,52-,58+,59+,60-/m0/s1. The topological polar surface area (TPSA) is 96.4 Å². The third kappa shape index (κ3) is 19.0. The summed E-state index contributed by atoms with van der Waals surface area (Å²) in [4.78, 5) is 26.4. The van der Waals surface area contributed by atoms with Crippen LogP contribution in [0.25, 0.3) is 0 Å². The predicted octanol–water partition coefficient (Wildman–Crippen LogP) is 15.7. The van der Waals surface area contributed by atoms with E-state index >= 15 is 0 Å². The van der Waals surface area contributed by atoms with Gasteiger partial charge in [0.25, 0.3) is 0 Å². The van der Waals surface area contributed by atoms with Crippen molar-refractivity contribution < 1.29 is 29.3 Å². The van der Waals surface area contributed by atoms with Gasteiger partial charge in [0.05, 0.1) is 17.3 Å². The maximum Gasteiger partial charge on any atom is 0.306 e. The van der Waals surface area contributed by atoms with E-state index < -0.39 is 22.9 Å². The van der Waals surface area contributed by atoms with Crippen LogP contribution in [0.1, 0.15) is 224 Å². The number of esters is 1.